The molecule has 1 fully saturated rings. The highest BCUT2D eigenvalue weighted by molar-refractivity contribution is 9.10. The predicted octanol–water partition coefficient (Wildman–Crippen LogP) is 3.29. The maximum absolute atomic E-state index is 12.8. The molecule has 1 aliphatic rings. The number of aliphatic hydroxyl groups excluding tert-OH is 1. The van der Waals surface area contributed by atoms with Crippen LogP contribution in [0.5, 0.6) is 0 Å². The average molecular weight is 273 g/mol. The quantitative estimate of drug-likeness (QED) is 0.892. The molecule has 1 aromatic carbocycles. The summed E-state index contributed by atoms with van der Waals surface area (Å²) in [4.78, 5) is 0. The second-order valence-electron chi connectivity index (χ2n) is 4.27. The van der Waals surface area contributed by atoms with Crippen LogP contribution in [0.15, 0.2) is 22.7 Å². The second-order valence-corrected chi connectivity index (χ2v) is 5.13. The maximum atomic E-state index is 12.8. The van der Waals surface area contributed by atoms with Gasteiger partial charge >= 0.3 is 0 Å². The van der Waals surface area contributed by atoms with E-state index in [0.717, 1.165) is 22.4 Å². The van der Waals surface area contributed by atoms with Crippen LogP contribution < -0.4 is 0 Å². The fraction of sp³-hybridized carbons (Fsp3) is 0.500. The van der Waals surface area contributed by atoms with Crippen molar-refractivity contribution in [2.75, 3.05) is 0 Å². The Hall–Kier alpha value is -0.410. The molecule has 0 spiro atoms. The molecule has 0 heterocycles. The Morgan fingerprint density at radius 3 is 2.80 bits per heavy atom. The van der Waals surface area contributed by atoms with Crippen molar-refractivity contribution < 1.29 is 9.50 Å². The van der Waals surface area contributed by atoms with Crippen molar-refractivity contribution >= 4 is 15.9 Å². The zero-order valence-corrected chi connectivity index (χ0v) is 10.0. The van der Waals surface area contributed by atoms with Crippen LogP contribution in [0.4, 0.5) is 4.39 Å². The van der Waals surface area contributed by atoms with Gasteiger partial charge in [-0.1, -0.05) is 34.8 Å². The topological polar surface area (TPSA) is 20.2 Å². The lowest BCUT2D eigenvalue weighted by Crippen LogP contribution is -2.11. The van der Waals surface area contributed by atoms with E-state index in [1.54, 1.807) is 6.07 Å². The highest BCUT2D eigenvalue weighted by Gasteiger charge is 2.24. The van der Waals surface area contributed by atoms with Gasteiger partial charge in [0, 0.05) is 4.47 Å². The van der Waals surface area contributed by atoms with Crippen LogP contribution in [0.3, 0.4) is 0 Å². The minimum atomic E-state index is -0.292. The normalized spacial score (nSPS) is 17.8. The maximum Gasteiger partial charge on any atom is 0.124 e. The monoisotopic (exact) mass is 272 g/mol. The third-order valence-corrected chi connectivity index (χ3v) is 3.51. The van der Waals surface area contributed by atoms with E-state index in [0.29, 0.717) is 6.42 Å². The molecule has 0 aliphatic heterocycles. The molecule has 1 nitrogen and oxygen atoms in total. The van der Waals surface area contributed by atoms with Crippen LogP contribution in [0.1, 0.15) is 24.8 Å². The molecule has 2 rings (SSSR count). The molecular formula is C12H14BrFO. The van der Waals surface area contributed by atoms with Crippen molar-refractivity contribution in [2.45, 2.75) is 31.8 Å². The SMILES string of the molecule is OC(Cc1ccc(F)cc1Br)CC1CC1. The van der Waals surface area contributed by atoms with Crippen molar-refractivity contribution in [3.63, 3.8) is 0 Å². The molecule has 1 aliphatic carbocycles. The van der Waals surface area contributed by atoms with Crippen LogP contribution >= 0.6 is 15.9 Å². The van der Waals surface area contributed by atoms with E-state index in [9.17, 15) is 9.50 Å². The smallest absolute Gasteiger partial charge is 0.124 e. The minimum absolute atomic E-state index is 0.248. The molecule has 1 atom stereocenters. The summed E-state index contributed by atoms with van der Waals surface area (Å²) in [6, 6.07) is 4.61. The molecule has 1 unspecified atom stereocenters. The Morgan fingerprint density at radius 1 is 1.47 bits per heavy atom. The number of hydrogen-bond acceptors (Lipinski definition) is 1. The Bertz CT molecular complexity index is 349. The van der Waals surface area contributed by atoms with E-state index < -0.39 is 0 Å². The van der Waals surface area contributed by atoms with Crippen molar-refractivity contribution in [1.82, 2.24) is 0 Å². The first kappa shape index (κ1) is 11.1. The lowest BCUT2D eigenvalue weighted by molar-refractivity contribution is 0.158. The fourth-order valence-electron chi connectivity index (χ4n) is 1.76. The molecule has 1 aromatic rings. The predicted molar refractivity (Wildman–Crippen MR) is 61.2 cm³/mol. The molecule has 15 heavy (non-hydrogen) atoms. The van der Waals surface area contributed by atoms with Crippen LogP contribution in [-0.2, 0) is 6.42 Å². The Balaban J connectivity index is 1.96. The van der Waals surface area contributed by atoms with Gasteiger partial charge in [-0.2, -0.15) is 0 Å². The molecule has 1 saturated carbocycles. The van der Waals surface area contributed by atoms with Crippen molar-refractivity contribution in [3.8, 4) is 0 Å². The second kappa shape index (κ2) is 4.62. The summed E-state index contributed by atoms with van der Waals surface area (Å²) in [6.45, 7) is 0. The summed E-state index contributed by atoms with van der Waals surface area (Å²) in [7, 11) is 0. The van der Waals surface area contributed by atoms with E-state index >= 15 is 0 Å². The molecular weight excluding hydrogens is 259 g/mol. The zero-order chi connectivity index (χ0) is 10.8. The van der Waals surface area contributed by atoms with E-state index in [1.807, 2.05) is 0 Å². The first-order valence-corrected chi connectivity index (χ1v) is 6.06. The minimum Gasteiger partial charge on any atom is -0.393 e. The van der Waals surface area contributed by atoms with Crippen molar-refractivity contribution in [2.24, 2.45) is 5.92 Å². The largest absolute Gasteiger partial charge is 0.393 e. The highest BCUT2D eigenvalue weighted by Crippen LogP contribution is 2.34. The van der Waals surface area contributed by atoms with E-state index in [4.69, 9.17) is 0 Å². The van der Waals surface area contributed by atoms with Crippen molar-refractivity contribution in [1.29, 1.82) is 0 Å². The Labute approximate surface area is 97.4 Å². The lowest BCUT2D eigenvalue weighted by atomic mass is 10.0. The zero-order valence-electron chi connectivity index (χ0n) is 8.42. The number of benzene rings is 1. The van der Waals surface area contributed by atoms with Gasteiger partial charge in [0.2, 0.25) is 0 Å². The molecule has 0 amide bonds. The highest BCUT2D eigenvalue weighted by atomic mass is 79.9. The lowest BCUT2D eigenvalue weighted by Gasteiger charge is -2.11. The van der Waals surface area contributed by atoms with Gasteiger partial charge in [-0.3, -0.25) is 0 Å². The third-order valence-electron chi connectivity index (χ3n) is 2.77. The number of hydrogen-bond donors (Lipinski definition) is 1. The summed E-state index contributed by atoms with van der Waals surface area (Å²) in [5, 5.41) is 9.79. The van der Waals surface area contributed by atoms with Crippen LogP contribution in [0.25, 0.3) is 0 Å². The standard InChI is InChI=1S/C12H14BrFO/c13-12-7-10(14)4-3-9(12)6-11(15)5-8-1-2-8/h3-4,7-8,11,15H,1-2,5-6H2. The number of halogens is 2. The first-order chi connectivity index (χ1) is 7.15. The van der Waals surface area contributed by atoms with Crippen LogP contribution in [0.2, 0.25) is 0 Å². The number of rotatable bonds is 4. The van der Waals surface area contributed by atoms with Gasteiger partial charge in [-0.25, -0.2) is 4.39 Å². The summed E-state index contributed by atoms with van der Waals surface area (Å²) in [5.41, 5.74) is 0.976. The van der Waals surface area contributed by atoms with Gasteiger partial charge in [0.1, 0.15) is 5.82 Å². The van der Waals surface area contributed by atoms with E-state index in [2.05, 4.69) is 15.9 Å². The van der Waals surface area contributed by atoms with Crippen molar-refractivity contribution in [3.05, 3.63) is 34.1 Å². The molecule has 0 bridgehead atoms. The van der Waals surface area contributed by atoms with Gasteiger partial charge in [0.25, 0.3) is 0 Å². The Morgan fingerprint density at radius 2 is 2.20 bits per heavy atom. The molecule has 0 aromatic heterocycles. The fourth-order valence-corrected chi connectivity index (χ4v) is 2.28. The summed E-state index contributed by atoms with van der Waals surface area (Å²) in [6.07, 6.45) is 3.70. The van der Waals surface area contributed by atoms with Crippen LogP contribution in [0, 0.1) is 11.7 Å². The van der Waals surface area contributed by atoms with Crippen LogP contribution in [-0.4, -0.2) is 11.2 Å². The molecule has 82 valence electrons. The van der Waals surface area contributed by atoms with E-state index in [1.165, 1.54) is 25.0 Å². The Kier molecular flexibility index (Phi) is 3.42. The van der Waals surface area contributed by atoms with Gasteiger partial charge in [0.05, 0.1) is 6.10 Å². The number of aliphatic hydroxyl groups is 1. The molecule has 0 radical (unpaired) electrons. The van der Waals surface area contributed by atoms with Gasteiger partial charge in [-0.15, -0.1) is 0 Å². The summed E-state index contributed by atoms with van der Waals surface area (Å²) >= 11 is 3.31. The van der Waals surface area contributed by atoms with Gasteiger partial charge < -0.3 is 5.11 Å². The van der Waals surface area contributed by atoms with Gasteiger partial charge in [0.15, 0.2) is 0 Å². The third kappa shape index (κ3) is 3.28. The molecule has 0 saturated heterocycles. The molecule has 3 heteroatoms. The van der Waals surface area contributed by atoms with Gasteiger partial charge in [-0.05, 0) is 36.5 Å². The molecule has 1 N–H and O–H groups in total. The summed E-state index contributed by atoms with van der Waals surface area (Å²) < 4.78 is 13.6. The first-order valence-electron chi connectivity index (χ1n) is 5.27. The van der Waals surface area contributed by atoms with E-state index in [-0.39, 0.29) is 11.9 Å². The summed E-state index contributed by atoms with van der Waals surface area (Å²) in [5.74, 6) is 0.474. The average Bonchev–Trinajstić information content (AvgIpc) is 2.94.